The van der Waals surface area contributed by atoms with Gasteiger partial charge < -0.3 is 16.2 Å². The van der Waals surface area contributed by atoms with Crippen molar-refractivity contribution in [2.45, 2.75) is 25.9 Å². The first-order valence-electron chi connectivity index (χ1n) is 8.55. The van der Waals surface area contributed by atoms with Gasteiger partial charge in [-0.1, -0.05) is 24.3 Å². The molecule has 0 amide bonds. The van der Waals surface area contributed by atoms with E-state index >= 15 is 0 Å². The van der Waals surface area contributed by atoms with Crippen LogP contribution < -0.4 is 11.1 Å². The molecule has 3 rings (SSSR count). The van der Waals surface area contributed by atoms with Crippen LogP contribution in [0.2, 0.25) is 0 Å². The van der Waals surface area contributed by atoms with Crippen molar-refractivity contribution in [2.75, 3.05) is 5.32 Å². The molecule has 0 aliphatic rings. The molecule has 0 saturated heterocycles. The van der Waals surface area contributed by atoms with Crippen LogP contribution in [0.4, 0.5) is 5.82 Å². The molecule has 3 aromatic rings. The minimum atomic E-state index is -1.01. The van der Waals surface area contributed by atoms with Gasteiger partial charge in [-0.05, 0) is 18.9 Å². The predicted octanol–water partition coefficient (Wildman–Crippen LogP) is 1.75. The minimum absolute atomic E-state index is 0.290. The fraction of sp³-hybridized carbons (Fsp3) is 0.263. The summed E-state index contributed by atoms with van der Waals surface area (Å²) in [5.41, 5.74) is 10.2. The molecular formula is C19H22N6O2. The second kappa shape index (κ2) is 7.96. The molecule has 0 bridgehead atoms. The number of nitrogens with zero attached hydrogens (tertiary/aromatic N) is 4. The van der Waals surface area contributed by atoms with Gasteiger partial charge in [-0.25, -0.2) is 4.98 Å². The summed E-state index contributed by atoms with van der Waals surface area (Å²) in [7, 11) is 1.89. The molecular weight excluding hydrogens is 344 g/mol. The third-order valence-electron chi connectivity index (χ3n) is 4.25. The number of aromatic nitrogens is 4. The van der Waals surface area contributed by atoms with Gasteiger partial charge in [-0.3, -0.25) is 14.5 Å². The topological polar surface area (TPSA) is 119 Å². The van der Waals surface area contributed by atoms with Crippen molar-refractivity contribution in [3.63, 3.8) is 0 Å². The maximum Gasteiger partial charge on any atom is 0.320 e. The molecule has 4 N–H and O–H groups in total. The van der Waals surface area contributed by atoms with E-state index in [9.17, 15) is 4.79 Å². The second-order valence-corrected chi connectivity index (χ2v) is 6.40. The normalized spacial score (nSPS) is 12.0. The number of carboxylic acid groups (broad SMARTS) is 1. The number of anilines is 1. The molecule has 0 saturated carbocycles. The molecule has 27 heavy (non-hydrogen) atoms. The lowest BCUT2D eigenvalue weighted by Gasteiger charge is -2.08. The number of nitrogens with one attached hydrogen (secondary N) is 1. The number of benzene rings is 1. The number of nitrogens with two attached hydrogens (primary N) is 1. The first kappa shape index (κ1) is 18.5. The van der Waals surface area contributed by atoms with Crippen LogP contribution in [0.25, 0.3) is 11.3 Å². The number of rotatable bonds is 7. The van der Waals surface area contributed by atoms with E-state index in [0.29, 0.717) is 12.4 Å². The Morgan fingerprint density at radius 3 is 2.56 bits per heavy atom. The zero-order valence-electron chi connectivity index (χ0n) is 15.3. The number of carbonyl (C=O) groups is 1. The zero-order chi connectivity index (χ0) is 19.4. The molecule has 0 unspecified atom stereocenters. The Labute approximate surface area is 157 Å². The van der Waals surface area contributed by atoms with Crippen molar-refractivity contribution in [2.24, 2.45) is 12.8 Å². The highest BCUT2D eigenvalue weighted by Crippen LogP contribution is 2.18. The number of aryl methyl sites for hydroxylation is 2. The summed E-state index contributed by atoms with van der Waals surface area (Å²) in [6.07, 6.45) is 5.66. The van der Waals surface area contributed by atoms with Crippen LogP contribution in [0.5, 0.6) is 0 Å². The number of hydrogen-bond acceptors (Lipinski definition) is 6. The van der Waals surface area contributed by atoms with Crippen LogP contribution in [0.3, 0.4) is 0 Å². The van der Waals surface area contributed by atoms with Gasteiger partial charge in [-0.2, -0.15) is 5.10 Å². The highest BCUT2D eigenvalue weighted by molar-refractivity contribution is 5.73. The van der Waals surface area contributed by atoms with Crippen molar-refractivity contribution in [3.8, 4) is 11.3 Å². The summed E-state index contributed by atoms with van der Waals surface area (Å²) < 4.78 is 1.79. The Balaban J connectivity index is 1.63. The maximum atomic E-state index is 10.8. The molecule has 2 aromatic heterocycles. The lowest BCUT2D eigenvalue weighted by molar-refractivity contribution is -0.138. The number of hydrogen-bond donors (Lipinski definition) is 3. The van der Waals surface area contributed by atoms with Crippen LogP contribution in [0, 0.1) is 6.92 Å². The Hall–Kier alpha value is -3.26. The lowest BCUT2D eigenvalue weighted by Crippen LogP contribution is -2.32. The summed E-state index contributed by atoms with van der Waals surface area (Å²) in [5.74, 6) is -0.319. The van der Waals surface area contributed by atoms with E-state index in [1.54, 1.807) is 17.1 Å². The molecule has 0 radical (unpaired) electrons. The highest BCUT2D eigenvalue weighted by atomic mass is 16.4. The number of aliphatic carboxylic acids is 1. The molecule has 8 nitrogen and oxygen atoms in total. The molecule has 1 atom stereocenters. The van der Waals surface area contributed by atoms with Gasteiger partial charge in [0.25, 0.3) is 0 Å². The molecule has 0 aliphatic carbocycles. The fourth-order valence-electron chi connectivity index (χ4n) is 2.73. The van der Waals surface area contributed by atoms with Gasteiger partial charge in [0.2, 0.25) is 0 Å². The van der Waals surface area contributed by atoms with Crippen LogP contribution in [0.1, 0.15) is 16.8 Å². The van der Waals surface area contributed by atoms with Gasteiger partial charge in [0.1, 0.15) is 11.9 Å². The molecule has 1 aromatic carbocycles. The monoisotopic (exact) mass is 366 g/mol. The van der Waals surface area contributed by atoms with Crippen molar-refractivity contribution < 1.29 is 9.90 Å². The van der Waals surface area contributed by atoms with Crippen LogP contribution in [0.15, 0.2) is 42.9 Å². The highest BCUT2D eigenvalue weighted by Gasteiger charge is 2.12. The molecule has 0 aliphatic heterocycles. The average molecular weight is 366 g/mol. The van der Waals surface area contributed by atoms with E-state index in [4.69, 9.17) is 10.8 Å². The van der Waals surface area contributed by atoms with E-state index < -0.39 is 12.0 Å². The van der Waals surface area contributed by atoms with Gasteiger partial charge in [0.15, 0.2) is 0 Å². The van der Waals surface area contributed by atoms with Gasteiger partial charge in [-0.15, -0.1) is 0 Å². The summed E-state index contributed by atoms with van der Waals surface area (Å²) in [6.45, 7) is 2.60. The van der Waals surface area contributed by atoms with Gasteiger partial charge >= 0.3 is 5.97 Å². The van der Waals surface area contributed by atoms with E-state index in [0.717, 1.165) is 28.1 Å². The Morgan fingerprint density at radius 2 is 2.00 bits per heavy atom. The van der Waals surface area contributed by atoms with Crippen LogP contribution >= 0.6 is 0 Å². The second-order valence-electron chi connectivity index (χ2n) is 6.40. The molecule has 0 fully saturated rings. The SMILES string of the molecule is Cc1nn(C)cc1CNc1cnc(-c2ccc(C[C@H](N)C(=O)O)cc2)cn1. The van der Waals surface area contributed by atoms with Crippen molar-refractivity contribution in [1.29, 1.82) is 0 Å². The summed E-state index contributed by atoms with van der Waals surface area (Å²) in [5, 5.41) is 16.4. The van der Waals surface area contributed by atoms with E-state index in [2.05, 4.69) is 20.4 Å². The first-order chi connectivity index (χ1) is 12.9. The zero-order valence-corrected chi connectivity index (χ0v) is 15.3. The van der Waals surface area contributed by atoms with E-state index in [1.807, 2.05) is 44.4 Å². The summed E-state index contributed by atoms with van der Waals surface area (Å²) in [6, 6.07) is 6.60. The van der Waals surface area contributed by atoms with Crippen molar-refractivity contribution in [1.82, 2.24) is 19.7 Å². The smallest absolute Gasteiger partial charge is 0.320 e. The Kier molecular flexibility index (Phi) is 5.46. The quantitative estimate of drug-likeness (QED) is 0.583. The van der Waals surface area contributed by atoms with E-state index in [-0.39, 0.29) is 6.42 Å². The lowest BCUT2D eigenvalue weighted by atomic mass is 10.0. The Bertz CT molecular complexity index is 918. The van der Waals surface area contributed by atoms with Crippen LogP contribution in [-0.2, 0) is 24.8 Å². The van der Waals surface area contributed by atoms with Crippen LogP contribution in [-0.4, -0.2) is 36.9 Å². The third kappa shape index (κ3) is 4.68. The van der Waals surface area contributed by atoms with Crippen molar-refractivity contribution in [3.05, 3.63) is 59.7 Å². The maximum absolute atomic E-state index is 10.8. The fourth-order valence-corrected chi connectivity index (χ4v) is 2.73. The largest absolute Gasteiger partial charge is 0.480 e. The van der Waals surface area contributed by atoms with E-state index in [1.165, 1.54) is 0 Å². The molecule has 2 heterocycles. The molecule has 0 spiro atoms. The first-order valence-corrected chi connectivity index (χ1v) is 8.55. The van der Waals surface area contributed by atoms with Crippen molar-refractivity contribution >= 4 is 11.8 Å². The third-order valence-corrected chi connectivity index (χ3v) is 4.25. The summed E-state index contributed by atoms with van der Waals surface area (Å²) >= 11 is 0. The number of carboxylic acids is 1. The minimum Gasteiger partial charge on any atom is -0.480 e. The molecule has 8 heteroatoms. The predicted molar refractivity (Wildman–Crippen MR) is 102 cm³/mol. The van der Waals surface area contributed by atoms with Gasteiger partial charge in [0.05, 0.1) is 23.8 Å². The summed E-state index contributed by atoms with van der Waals surface area (Å²) in [4.78, 5) is 19.7. The van der Waals surface area contributed by atoms with Gasteiger partial charge in [0, 0.05) is 30.9 Å². The molecule has 140 valence electrons. The average Bonchev–Trinajstić information content (AvgIpc) is 2.98. The Morgan fingerprint density at radius 1 is 1.26 bits per heavy atom. The standard InChI is InChI=1S/C19H22N6O2/c1-12-15(11-25(2)24-12)8-22-18-10-21-17(9-23-18)14-5-3-13(4-6-14)7-16(20)19(26)27/h3-6,9-11,16H,7-8,20H2,1-2H3,(H,22,23)(H,26,27)/t16-/m0/s1.